The summed E-state index contributed by atoms with van der Waals surface area (Å²) in [6.07, 6.45) is 0. The number of nitrogens with two attached hydrogens (primary N) is 1. The number of ether oxygens (including phenoxy) is 1. The maximum Gasteiger partial charge on any atom is 0.371 e. The number of phenols is 1. The van der Waals surface area contributed by atoms with Gasteiger partial charge in [0.2, 0.25) is 17.4 Å². The molecule has 4 N–H and O–H groups in total. The highest BCUT2D eigenvalue weighted by Crippen LogP contribution is 2.44. The van der Waals surface area contributed by atoms with Gasteiger partial charge in [0.15, 0.2) is 0 Å². The quantitative estimate of drug-likeness (QED) is 0.451. The van der Waals surface area contributed by atoms with Crippen LogP contribution >= 0.6 is 0 Å². The summed E-state index contributed by atoms with van der Waals surface area (Å²) in [5.41, 5.74) is -0.871. The number of esters is 1. The van der Waals surface area contributed by atoms with Gasteiger partial charge < -0.3 is 20.3 Å². The highest BCUT2D eigenvalue weighted by Gasteiger charge is 2.72. The molecule has 2 heterocycles. The number of phenolic OH excluding ortho intramolecular Hbond substituents is 1. The number of rotatable bonds is 4. The molecular weight excluding hydrogens is 328 g/mol. The lowest BCUT2D eigenvalue weighted by Crippen LogP contribution is -2.99. The SMILES string of the molecule is CCOC(=O)[C@]1(CO)[NH2+][C@@H](c2ccc(O)cc2)[C@H]2C(=O)N(C)C(=O)[C@@H]21. The molecule has 0 spiro atoms. The molecule has 0 aromatic heterocycles. The molecule has 1 aromatic rings. The Bertz CT molecular complexity index is 718. The van der Waals surface area contributed by atoms with Crippen LogP contribution in [0.3, 0.4) is 0 Å². The van der Waals surface area contributed by atoms with Crippen LogP contribution in [-0.4, -0.2) is 58.7 Å². The van der Waals surface area contributed by atoms with Crippen molar-refractivity contribution in [2.24, 2.45) is 11.8 Å². The fraction of sp³-hybridized carbons (Fsp3) is 0.471. The smallest absolute Gasteiger partial charge is 0.371 e. The van der Waals surface area contributed by atoms with Gasteiger partial charge in [-0.15, -0.1) is 0 Å². The highest BCUT2D eigenvalue weighted by atomic mass is 16.5. The zero-order chi connectivity index (χ0) is 18.4. The third-order valence-corrected chi connectivity index (χ3v) is 5.19. The molecule has 2 fully saturated rings. The van der Waals surface area contributed by atoms with E-state index in [0.29, 0.717) is 5.56 Å². The standard InChI is InChI=1S/C17H20N2O6/c1-3-25-16(24)17(8-20)12-11(14(22)19(2)15(12)23)13(18-17)9-4-6-10(21)7-5-9/h4-7,11-13,18,20-21H,3,8H2,1-2H3/p+1/t11-,12+,13-,17+/m0/s1. The van der Waals surface area contributed by atoms with E-state index in [1.54, 1.807) is 24.4 Å². The van der Waals surface area contributed by atoms with Crippen molar-refractivity contribution in [3.8, 4) is 5.75 Å². The number of carbonyl (C=O) groups excluding carboxylic acids is 3. The van der Waals surface area contributed by atoms with Gasteiger partial charge in [-0.3, -0.25) is 14.5 Å². The summed E-state index contributed by atoms with van der Waals surface area (Å²) >= 11 is 0. The van der Waals surface area contributed by atoms with Crippen LogP contribution in [0.1, 0.15) is 18.5 Å². The highest BCUT2D eigenvalue weighted by molar-refractivity contribution is 6.08. The van der Waals surface area contributed by atoms with E-state index in [-0.39, 0.29) is 18.3 Å². The van der Waals surface area contributed by atoms with Crippen molar-refractivity contribution in [1.82, 2.24) is 4.90 Å². The predicted octanol–water partition coefficient (Wildman–Crippen LogP) is -1.46. The molecule has 0 unspecified atom stereocenters. The fourth-order valence-electron chi connectivity index (χ4n) is 3.94. The van der Waals surface area contributed by atoms with Gasteiger partial charge in [0.1, 0.15) is 30.2 Å². The number of aromatic hydroxyl groups is 1. The molecule has 3 rings (SSSR count). The van der Waals surface area contributed by atoms with Crippen molar-refractivity contribution in [3.05, 3.63) is 29.8 Å². The number of hydrogen-bond acceptors (Lipinski definition) is 6. The molecule has 0 bridgehead atoms. The number of carbonyl (C=O) groups is 3. The average Bonchev–Trinajstić information content (AvgIpc) is 3.06. The van der Waals surface area contributed by atoms with E-state index in [1.807, 2.05) is 0 Å². The molecule has 8 nitrogen and oxygen atoms in total. The normalized spacial score (nSPS) is 31.3. The second-order valence-electron chi connectivity index (χ2n) is 6.44. The van der Waals surface area contributed by atoms with Gasteiger partial charge in [0.05, 0.1) is 6.61 Å². The van der Waals surface area contributed by atoms with E-state index in [2.05, 4.69) is 0 Å². The molecule has 4 atom stereocenters. The minimum absolute atomic E-state index is 0.0723. The van der Waals surface area contributed by atoms with Crippen LogP contribution in [0.25, 0.3) is 0 Å². The number of nitrogens with zero attached hydrogens (tertiary/aromatic N) is 1. The molecular formula is C17H21N2O6+. The van der Waals surface area contributed by atoms with E-state index < -0.39 is 41.9 Å². The molecule has 0 saturated carbocycles. The van der Waals surface area contributed by atoms with Gasteiger partial charge in [0.25, 0.3) is 0 Å². The Morgan fingerprint density at radius 2 is 1.92 bits per heavy atom. The Kier molecular flexibility index (Phi) is 4.26. The fourth-order valence-corrected chi connectivity index (χ4v) is 3.94. The molecule has 1 aromatic carbocycles. The number of benzene rings is 1. The van der Waals surface area contributed by atoms with Crippen LogP contribution in [-0.2, 0) is 19.1 Å². The van der Waals surface area contributed by atoms with Gasteiger partial charge in [-0.2, -0.15) is 0 Å². The number of aliphatic hydroxyl groups is 1. The van der Waals surface area contributed by atoms with Crippen LogP contribution in [0.5, 0.6) is 5.75 Å². The zero-order valence-corrected chi connectivity index (χ0v) is 14.0. The van der Waals surface area contributed by atoms with Gasteiger partial charge in [-0.25, -0.2) is 4.79 Å². The number of fused-ring (bicyclic) bond motifs is 1. The summed E-state index contributed by atoms with van der Waals surface area (Å²) in [7, 11) is 1.38. The Labute approximate surface area is 144 Å². The first-order valence-electron chi connectivity index (χ1n) is 8.11. The molecule has 2 amide bonds. The van der Waals surface area contributed by atoms with E-state index in [4.69, 9.17) is 4.74 Å². The Balaban J connectivity index is 2.10. The van der Waals surface area contributed by atoms with Crippen LogP contribution in [0.2, 0.25) is 0 Å². The summed E-state index contributed by atoms with van der Waals surface area (Å²) in [5.74, 6) is -3.28. The van der Waals surface area contributed by atoms with E-state index in [0.717, 1.165) is 4.90 Å². The molecule has 0 radical (unpaired) electrons. The number of amides is 2. The van der Waals surface area contributed by atoms with Gasteiger partial charge in [-0.1, -0.05) is 0 Å². The number of imide groups is 1. The molecule has 2 saturated heterocycles. The lowest BCUT2D eigenvalue weighted by Gasteiger charge is -2.27. The molecule has 2 aliphatic rings. The minimum Gasteiger partial charge on any atom is -0.508 e. The van der Waals surface area contributed by atoms with Crippen LogP contribution in [0.4, 0.5) is 0 Å². The Morgan fingerprint density at radius 1 is 1.28 bits per heavy atom. The lowest BCUT2D eigenvalue weighted by molar-refractivity contribution is -0.735. The van der Waals surface area contributed by atoms with Gasteiger partial charge in [0, 0.05) is 12.6 Å². The summed E-state index contributed by atoms with van der Waals surface area (Å²) in [5, 5.41) is 21.0. The molecule has 2 aliphatic heterocycles. The number of aliphatic hydroxyl groups excluding tert-OH is 1. The van der Waals surface area contributed by atoms with Crippen LogP contribution < -0.4 is 5.32 Å². The van der Waals surface area contributed by atoms with E-state index in [9.17, 15) is 24.6 Å². The van der Waals surface area contributed by atoms with E-state index >= 15 is 0 Å². The lowest BCUT2D eigenvalue weighted by atomic mass is 9.79. The molecule has 0 aliphatic carbocycles. The third-order valence-electron chi connectivity index (χ3n) is 5.19. The molecule has 25 heavy (non-hydrogen) atoms. The Morgan fingerprint density at radius 3 is 2.48 bits per heavy atom. The van der Waals surface area contributed by atoms with Gasteiger partial charge in [-0.05, 0) is 31.2 Å². The van der Waals surface area contributed by atoms with Crippen LogP contribution in [0, 0.1) is 11.8 Å². The monoisotopic (exact) mass is 349 g/mol. The van der Waals surface area contributed by atoms with Crippen LogP contribution in [0.15, 0.2) is 24.3 Å². The molecule has 134 valence electrons. The zero-order valence-electron chi connectivity index (χ0n) is 14.0. The van der Waals surface area contributed by atoms with Crippen molar-refractivity contribution in [1.29, 1.82) is 0 Å². The Hall–Kier alpha value is -2.45. The molecule has 8 heteroatoms. The summed E-state index contributed by atoms with van der Waals surface area (Å²) in [4.78, 5) is 38.9. The average molecular weight is 349 g/mol. The summed E-state index contributed by atoms with van der Waals surface area (Å²) in [6.45, 7) is 1.13. The summed E-state index contributed by atoms with van der Waals surface area (Å²) in [6, 6.07) is 5.70. The van der Waals surface area contributed by atoms with Gasteiger partial charge >= 0.3 is 5.97 Å². The second kappa shape index (κ2) is 6.12. The first kappa shape index (κ1) is 17.4. The first-order chi connectivity index (χ1) is 11.9. The van der Waals surface area contributed by atoms with Crippen molar-refractivity contribution in [2.45, 2.75) is 18.5 Å². The van der Waals surface area contributed by atoms with Crippen molar-refractivity contribution >= 4 is 17.8 Å². The number of likely N-dealkylation sites (tertiary alicyclic amines) is 1. The maximum atomic E-state index is 12.6. The largest absolute Gasteiger partial charge is 0.508 e. The topological polar surface area (TPSA) is 121 Å². The predicted molar refractivity (Wildman–Crippen MR) is 84.0 cm³/mol. The first-order valence-corrected chi connectivity index (χ1v) is 8.11. The van der Waals surface area contributed by atoms with Crippen molar-refractivity contribution < 1.29 is 34.7 Å². The minimum atomic E-state index is -1.55. The number of quaternary nitrogens is 1. The van der Waals surface area contributed by atoms with Crippen molar-refractivity contribution in [3.63, 3.8) is 0 Å². The second-order valence-corrected chi connectivity index (χ2v) is 6.44. The maximum absolute atomic E-state index is 12.6. The third kappa shape index (κ3) is 2.40. The summed E-state index contributed by atoms with van der Waals surface area (Å²) < 4.78 is 5.10. The van der Waals surface area contributed by atoms with Crippen molar-refractivity contribution in [2.75, 3.05) is 20.3 Å². The number of hydrogen-bond donors (Lipinski definition) is 3. The van der Waals surface area contributed by atoms with E-state index in [1.165, 1.54) is 19.2 Å².